The van der Waals surface area contributed by atoms with E-state index in [9.17, 15) is 19.8 Å². The molecular weight excluding hydrogens is 949 g/mol. The van der Waals surface area contributed by atoms with Crippen molar-refractivity contribution in [1.29, 1.82) is 0 Å². The molecule has 0 bridgehead atoms. The van der Waals surface area contributed by atoms with Gasteiger partial charge in [-0.25, -0.2) is 9.59 Å². The van der Waals surface area contributed by atoms with Gasteiger partial charge in [-0.2, -0.15) is 0 Å². The Morgan fingerprint density at radius 2 is 0.566 bits per heavy atom. The molecule has 0 saturated heterocycles. The molecule has 0 saturated carbocycles. The molecule has 76 heavy (non-hydrogen) atoms. The number of hydrogen-bond donors (Lipinski definition) is 2. The van der Waals surface area contributed by atoms with Crippen molar-refractivity contribution in [2.45, 2.75) is 116 Å². The number of para-hydroxylation sites is 4. The Balaban J connectivity index is 0.688. The molecule has 7 aromatic rings. The van der Waals surface area contributed by atoms with Crippen LogP contribution < -0.4 is 19.3 Å². The number of anilines is 6. The highest BCUT2D eigenvalue weighted by molar-refractivity contribution is 5.97. The molecule has 0 aliphatic carbocycles. The predicted molar refractivity (Wildman–Crippen MR) is 307 cm³/mol. The normalized spacial score (nSPS) is 11.1. The van der Waals surface area contributed by atoms with Gasteiger partial charge in [-0.15, -0.1) is 0 Å². The lowest BCUT2D eigenvalue weighted by Crippen LogP contribution is -2.10. The maximum absolute atomic E-state index is 12.2. The first-order chi connectivity index (χ1) is 37.4. The lowest BCUT2D eigenvalue weighted by Gasteiger charge is -2.25. The molecule has 0 unspecified atom stereocenters. The Labute approximate surface area is 450 Å². The first kappa shape index (κ1) is 56.3. The number of rotatable bonds is 36. The van der Waals surface area contributed by atoms with Gasteiger partial charge in [0.15, 0.2) is 0 Å². The lowest BCUT2D eigenvalue weighted by atomic mass is 10.1. The minimum atomic E-state index is -1.18. The molecular formula is C66H76N2O8. The Morgan fingerprint density at radius 1 is 0.316 bits per heavy atom. The summed E-state index contributed by atoms with van der Waals surface area (Å²) in [6, 6.07) is 61.3. The smallest absolute Gasteiger partial charge is 0.339 e. The lowest BCUT2D eigenvalue weighted by molar-refractivity contribution is 0.0672. The number of benzene rings is 7. The molecule has 0 aromatic heterocycles. The van der Waals surface area contributed by atoms with Crippen LogP contribution in [0, 0.1) is 0 Å². The first-order valence-corrected chi connectivity index (χ1v) is 27.5. The van der Waals surface area contributed by atoms with Gasteiger partial charge in [0.2, 0.25) is 0 Å². The van der Waals surface area contributed by atoms with E-state index in [-0.39, 0.29) is 22.6 Å². The van der Waals surface area contributed by atoms with Crippen LogP contribution in [-0.2, 0) is 22.7 Å². The average molecular weight is 1030 g/mol. The van der Waals surface area contributed by atoms with E-state index in [0.29, 0.717) is 26.4 Å². The third kappa shape index (κ3) is 18.5. The maximum Gasteiger partial charge on any atom is 0.339 e. The van der Waals surface area contributed by atoms with Crippen molar-refractivity contribution < 1.29 is 38.7 Å². The summed E-state index contributed by atoms with van der Waals surface area (Å²) in [7, 11) is 0. The number of unbranched alkanes of at least 4 members (excludes halogenated alkanes) is 14. The second-order valence-corrected chi connectivity index (χ2v) is 19.3. The molecule has 2 N–H and O–H groups in total. The predicted octanol–water partition coefficient (Wildman–Crippen LogP) is 17.5. The summed E-state index contributed by atoms with van der Waals surface area (Å²) in [5.74, 6) is -2.25. The Kier molecular flexibility index (Phi) is 23.8. The van der Waals surface area contributed by atoms with E-state index in [1.54, 1.807) is 0 Å². The molecule has 0 amide bonds. The van der Waals surface area contributed by atoms with Gasteiger partial charge in [-0.05, 0) is 122 Å². The van der Waals surface area contributed by atoms with Crippen LogP contribution in [0.3, 0.4) is 0 Å². The van der Waals surface area contributed by atoms with Crippen molar-refractivity contribution in [2.24, 2.45) is 0 Å². The van der Waals surface area contributed by atoms with Crippen LogP contribution in [-0.4, -0.2) is 48.6 Å². The van der Waals surface area contributed by atoms with E-state index < -0.39 is 11.9 Å². The van der Waals surface area contributed by atoms with Gasteiger partial charge < -0.3 is 39.0 Å². The first-order valence-electron chi connectivity index (χ1n) is 27.5. The number of hydrogen-bond acceptors (Lipinski definition) is 8. The molecule has 10 heteroatoms. The Bertz CT molecular complexity index is 2450. The van der Waals surface area contributed by atoms with E-state index in [0.717, 1.165) is 161 Å². The second-order valence-electron chi connectivity index (χ2n) is 19.3. The Morgan fingerprint density at radius 3 is 0.842 bits per heavy atom. The third-order valence-corrected chi connectivity index (χ3v) is 13.4. The zero-order valence-electron chi connectivity index (χ0n) is 44.1. The molecule has 398 valence electrons. The fourth-order valence-corrected chi connectivity index (χ4v) is 9.30. The highest BCUT2D eigenvalue weighted by atomic mass is 16.5. The minimum absolute atomic E-state index is 0.0567. The summed E-state index contributed by atoms with van der Waals surface area (Å²) in [4.78, 5) is 28.9. The fraction of sp³-hybridized carbons (Fsp3) is 0.333. The van der Waals surface area contributed by atoms with Gasteiger partial charge in [0.05, 0.1) is 26.4 Å². The van der Waals surface area contributed by atoms with Crippen molar-refractivity contribution in [2.75, 3.05) is 36.2 Å². The van der Waals surface area contributed by atoms with Crippen LogP contribution >= 0.6 is 0 Å². The van der Waals surface area contributed by atoms with Gasteiger partial charge in [0, 0.05) is 47.3 Å². The molecule has 7 rings (SSSR count). The highest BCUT2D eigenvalue weighted by Gasteiger charge is 2.21. The van der Waals surface area contributed by atoms with E-state index in [4.69, 9.17) is 18.9 Å². The fourth-order valence-electron chi connectivity index (χ4n) is 9.30. The number of carbonyl (C=O) groups is 2. The van der Waals surface area contributed by atoms with E-state index in [1.165, 1.54) is 12.1 Å². The number of aromatic carboxylic acids is 2. The summed E-state index contributed by atoms with van der Waals surface area (Å²) < 4.78 is 23.7. The number of ether oxygens (including phenoxy) is 4. The molecule has 0 aliphatic rings. The SMILES string of the molecule is O=C(O)c1cc(OCCCCCCCCCCOCc2ccc(N(c3ccccc3)c3ccccc3)cc2)c(C(=O)O)cc1OCCCCCCCCCCOCc1ccc(N(c2ccccc2)c2ccccc2)cc1. The summed E-state index contributed by atoms with van der Waals surface area (Å²) in [5, 5.41) is 19.9. The van der Waals surface area contributed by atoms with Crippen LogP contribution in [0.1, 0.15) is 135 Å². The van der Waals surface area contributed by atoms with Crippen molar-refractivity contribution in [3.63, 3.8) is 0 Å². The Hall–Kier alpha value is -7.40. The standard InChI is InChI=1S/C66H76N2O8/c69-65(70)61-50-64(76-48-28-12-8-4-2-6-10-26-46-74-52-54-39-43-60(44-40-54)68(57-33-21-15-22-34-57)58-35-23-16-24-36-58)62(66(71)72)49-63(61)75-47-27-11-7-3-1-5-9-25-45-73-51-53-37-41-59(42-38-53)67(55-29-17-13-18-30-55)56-31-19-14-20-32-56/h13-24,29-44,49-50H,1-12,25-28,45-48,51-52H2,(H,69,70)(H,71,72). The van der Waals surface area contributed by atoms with Gasteiger partial charge in [-0.3, -0.25) is 0 Å². The number of nitrogens with zero attached hydrogens (tertiary/aromatic N) is 2. The average Bonchev–Trinajstić information content (AvgIpc) is 3.45. The van der Waals surface area contributed by atoms with Crippen molar-refractivity contribution in [3.05, 3.63) is 204 Å². The van der Waals surface area contributed by atoms with Gasteiger partial charge in [0.25, 0.3) is 0 Å². The van der Waals surface area contributed by atoms with E-state index >= 15 is 0 Å². The van der Waals surface area contributed by atoms with E-state index in [1.807, 2.05) is 24.3 Å². The molecule has 0 heterocycles. The van der Waals surface area contributed by atoms with Gasteiger partial charge in [0.1, 0.15) is 22.6 Å². The summed E-state index contributed by atoms with van der Waals surface area (Å²) in [6.07, 6.45) is 16.6. The largest absolute Gasteiger partial charge is 0.493 e. The maximum atomic E-state index is 12.2. The van der Waals surface area contributed by atoms with Crippen LogP contribution in [0.4, 0.5) is 34.1 Å². The van der Waals surface area contributed by atoms with Crippen LogP contribution in [0.5, 0.6) is 11.5 Å². The van der Waals surface area contributed by atoms with Crippen LogP contribution in [0.2, 0.25) is 0 Å². The van der Waals surface area contributed by atoms with Crippen molar-refractivity contribution in [1.82, 2.24) is 0 Å². The molecule has 0 radical (unpaired) electrons. The molecule has 0 spiro atoms. The van der Waals surface area contributed by atoms with Gasteiger partial charge in [-0.1, -0.05) is 174 Å². The zero-order chi connectivity index (χ0) is 52.8. The monoisotopic (exact) mass is 1020 g/mol. The number of carboxylic acids is 2. The highest BCUT2D eigenvalue weighted by Crippen LogP contribution is 2.36. The second kappa shape index (κ2) is 32.1. The van der Waals surface area contributed by atoms with E-state index in [2.05, 4.69) is 155 Å². The minimum Gasteiger partial charge on any atom is -0.493 e. The zero-order valence-corrected chi connectivity index (χ0v) is 44.1. The third-order valence-electron chi connectivity index (χ3n) is 13.4. The summed E-state index contributed by atoms with van der Waals surface area (Å²) in [5.41, 5.74) is 8.78. The van der Waals surface area contributed by atoms with Crippen LogP contribution in [0.15, 0.2) is 182 Å². The van der Waals surface area contributed by atoms with Gasteiger partial charge >= 0.3 is 11.9 Å². The quantitative estimate of drug-likeness (QED) is 0.0368. The summed E-state index contributed by atoms with van der Waals surface area (Å²) in [6.45, 7) is 3.27. The van der Waals surface area contributed by atoms with Crippen molar-refractivity contribution in [3.8, 4) is 11.5 Å². The van der Waals surface area contributed by atoms with Crippen LogP contribution in [0.25, 0.3) is 0 Å². The van der Waals surface area contributed by atoms with Crippen molar-refractivity contribution >= 4 is 46.1 Å². The molecule has 0 atom stereocenters. The molecule has 7 aromatic carbocycles. The molecule has 0 fully saturated rings. The summed E-state index contributed by atoms with van der Waals surface area (Å²) >= 11 is 0. The molecule has 10 nitrogen and oxygen atoms in total. The topological polar surface area (TPSA) is 118 Å². The molecule has 0 aliphatic heterocycles. The number of carboxylic acid groups (broad SMARTS) is 2.